The van der Waals surface area contributed by atoms with Crippen molar-refractivity contribution in [3.05, 3.63) is 47.3 Å². The van der Waals surface area contributed by atoms with Crippen molar-refractivity contribution in [1.82, 2.24) is 4.72 Å². The molecule has 1 amide bonds. The van der Waals surface area contributed by atoms with Crippen molar-refractivity contribution in [3.63, 3.8) is 0 Å². The number of amides is 1. The highest BCUT2D eigenvalue weighted by atomic mass is 32.2. The third-order valence-electron chi connectivity index (χ3n) is 3.37. The van der Waals surface area contributed by atoms with E-state index in [-0.39, 0.29) is 18.4 Å². The summed E-state index contributed by atoms with van der Waals surface area (Å²) < 4.78 is 27.0. The monoisotopic (exact) mass is 336 g/mol. The normalized spacial score (nSPS) is 14.7. The Morgan fingerprint density at radius 1 is 1.23 bits per heavy atom. The molecule has 1 heterocycles. The summed E-state index contributed by atoms with van der Waals surface area (Å²) >= 11 is 1.18. The van der Waals surface area contributed by atoms with E-state index in [0.29, 0.717) is 9.90 Å². The summed E-state index contributed by atoms with van der Waals surface area (Å²) in [5, 5.41) is 4.58. The van der Waals surface area contributed by atoms with Gasteiger partial charge in [-0.3, -0.25) is 4.79 Å². The summed E-state index contributed by atoms with van der Waals surface area (Å²) in [6, 6.07) is 10.5. The second-order valence-electron chi connectivity index (χ2n) is 5.22. The lowest BCUT2D eigenvalue weighted by atomic mass is 10.2. The molecule has 0 saturated heterocycles. The van der Waals surface area contributed by atoms with Gasteiger partial charge in [0.1, 0.15) is 4.21 Å². The molecule has 1 aromatic carbocycles. The van der Waals surface area contributed by atoms with Crippen LogP contribution in [0.3, 0.4) is 0 Å². The van der Waals surface area contributed by atoms with Crippen LogP contribution in [0.2, 0.25) is 0 Å². The predicted octanol–water partition coefficient (Wildman–Crippen LogP) is 2.58. The van der Waals surface area contributed by atoms with Gasteiger partial charge < -0.3 is 5.32 Å². The van der Waals surface area contributed by atoms with Gasteiger partial charge in [0, 0.05) is 18.2 Å². The Labute approximate surface area is 133 Å². The Morgan fingerprint density at radius 2 is 2.05 bits per heavy atom. The molecule has 1 saturated carbocycles. The highest BCUT2D eigenvalue weighted by molar-refractivity contribution is 7.91. The molecule has 22 heavy (non-hydrogen) atoms. The van der Waals surface area contributed by atoms with Crippen molar-refractivity contribution in [2.24, 2.45) is 5.92 Å². The molecule has 1 aliphatic rings. The minimum absolute atomic E-state index is 0.0383. The van der Waals surface area contributed by atoms with Gasteiger partial charge in [0.25, 0.3) is 0 Å². The van der Waals surface area contributed by atoms with Crippen molar-refractivity contribution in [2.75, 3.05) is 5.32 Å². The summed E-state index contributed by atoms with van der Waals surface area (Å²) in [7, 11) is -3.47. The van der Waals surface area contributed by atoms with E-state index >= 15 is 0 Å². The van der Waals surface area contributed by atoms with Crippen LogP contribution in [0.5, 0.6) is 0 Å². The number of hydrogen-bond donors (Lipinski definition) is 2. The van der Waals surface area contributed by atoms with Gasteiger partial charge in [-0.1, -0.05) is 18.2 Å². The summed E-state index contributed by atoms with van der Waals surface area (Å²) in [5.74, 6) is 0.178. The first-order chi connectivity index (χ1) is 10.5. The molecule has 0 aliphatic heterocycles. The van der Waals surface area contributed by atoms with E-state index < -0.39 is 10.0 Å². The maximum Gasteiger partial charge on any atom is 0.250 e. The molecule has 3 rings (SSSR count). The van der Waals surface area contributed by atoms with Crippen LogP contribution in [0.4, 0.5) is 5.69 Å². The number of sulfonamides is 1. The van der Waals surface area contributed by atoms with Crippen LogP contribution >= 0.6 is 11.3 Å². The van der Waals surface area contributed by atoms with Crippen molar-refractivity contribution in [1.29, 1.82) is 0 Å². The highest BCUT2D eigenvalue weighted by Gasteiger charge is 2.29. The molecule has 116 valence electrons. The number of hydrogen-bond acceptors (Lipinski definition) is 4. The number of benzene rings is 1. The molecular formula is C15H16N2O3S2. The van der Waals surface area contributed by atoms with Crippen molar-refractivity contribution >= 4 is 33.0 Å². The fraction of sp³-hybridized carbons (Fsp3) is 0.267. The lowest BCUT2D eigenvalue weighted by Gasteiger charge is -2.08. The van der Waals surface area contributed by atoms with Gasteiger partial charge in [-0.05, 0) is 42.0 Å². The molecule has 0 unspecified atom stereocenters. The van der Waals surface area contributed by atoms with E-state index in [1.807, 2.05) is 6.07 Å². The molecule has 0 atom stereocenters. The van der Waals surface area contributed by atoms with Crippen LogP contribution in [0.1, 0.15) is 18.4 Å². The highest BCUT2D eigenvalue weighted by Crippen LogP contribution is 2.30. The lowest BCUT2D eigenvalue weighted by Crippen LogP contribution is -2.22. The maximum atomic E-state index is 12.1. The molecule has 7 heteroatoms. The summed E-state index contributed by atoms with van der Waals surface area (Å²) in [4.78, 5) is 11.7. The standard InChI is InChI=1S/C15H16N2O3S2/c18-15(12-6-7-12)17-13-4-1-3-11(9-13)10-16-22(19,20)14-5-2-8-21-14/h1-5,8-9,12,16H,6-7,10H2,(H,17,18). The van der Waals surface area contributed by atoms with Crippen LogP contribution in [0.25, 0.3) is 0 Å². The summed E-state index contributed by atoms with van der Waals surface area (Å²) in [5.41, 5.74) is 1.50. The number of nitrogens with one attached hydrogen (secondary N) is 2. The Hall–Kier alpha value is -1.70. The van der Waals surface area contributed by atoms with Gasteiger partial charge in [-0.15, -0.1) is 11.3 Å². The van der Waals surface area contributed by atoms with Gasteiger partial charge in [0.15, 0.2) is 0 Å². The van der Waals surface area contributed by atoms with Crippen molar-refractivity contribution < 1.29 is 13.2 Å². The maximum absolute atomic E-state index is 12.1. The third-order valence-corrected chi connectivity index (χ3v) is 6.17. The van der Waals surface area contributed by atoms with Crippen LogP contribution in [-0.4, -0.2) is 14.3 Å². The SMILES string of the molecule is O=C(Nc1cccc(CNS(=O)(=O)c2cccs2)c1)C1CC1. The zero-order chi connectivity index (χ0) is 15.6. The Kier molecular flexibility index (Phi) is 4.28. The topological polar surface area (TPSA) is 75.3 Å². The fourth-order valence-corrected chi connectivity index (χ4v) is 4.07. The molecule has 1 aromatic heterocycles. The van der Waals surface area contributed by atoms with E-state index in [4.69, 9.17) is 0 Å². The Bertz CT molecular complexity index is 766. The number of thiophene rings is 1. The zero-order valence-corrected chi connectivity index (χ0v) is 13.4. The van der Waals surface area contributed by atoms with Gasteiger partial charge in [0.05, 0.1) is 0 Å². The molecule has 0 radical (unpaired) electrons. The van der Waals surface area contributed by atoms with Crippen molar-refractivity contribution in [3.8, 4) is 0 Å². The van der Waals surface area contributed by atoms with Gasteiger partial charge >= 0.3 is 0 Å². The first-order valence-corrected chi connectivity index (χ1v) is 9.34. The number of carbonyl (C=O) groups excluding carboxylic acids is 1. The van der Waals surface area contributed by atoms with Gasteiger partial charge in [0.2, 0.25) is 15.9 Å². The minimum atomic E-state index is -3.47. The smallest absolute Gasteiger partial charge is 0.250 e. The molecule has 1 aliphatic carbocycles. The first kappa shape index (κ1) is 15.2. The Morgan fingerprint density at radius 3 is 2.73 bits per heavy atom. The van der Waals surface area contributed by atoms with Crippen LogP contribution in [0, 0.1) is 5.92 Å². The third kappa shape index (κ3) is 3.73. The first-order valence-electron chi connectivity index (χ1n) is 6.97. The molecule has 0 bridgehead atoms. The van der Waals surface area contributed by atoms with Crippen molar-refractivity contribution in [2.45, 2.75) is 23.6 Å². The summed E-state index contributed by atoms with van der Waals surface area (Å²) in [6.07, 6.45) is 1.90. The average Bonchev–Trinajstić information content (AvgIpc) is 3.20. The van der Waals surface area contributed by atoms with E-state index in [1.165, 1.54) is 11.3 Å². The summed E-state index contributed by atoms with van der Waals surface area (Å²) in [6.45, 7) is 0.188. The molecular weight excluding hydrogens is 320 g/mol. The lowest BCUT2D eigenvalue weighted by molar-refractivity contribution is -0.117. The van der Waals surface area contributed by atoms with Crippen LogP contribution in [-0.2, 0) is 21.4 Å². The minimum Gasteiger partial charge on any atom is -0.326 e. The largest absolute Gasteiger partial charge is 0.326 e. The Balaban J connectivity index is 1.64. The quantitative estimate of drug-likeness (QED) is 0.851. The average molecular weight is 336 g/mol. The molecule has 2 aromatic rings. The molecule has 5 nitrogen and oxygen atoms in total. The van der Waals surface area contributed by atoms with E-state index in [2.05, 4.69) is 10.0 Å². The van der Waals surface area contributed by atoms with E-state index in [9.17, 15) is 13.2 Å². The zero-order valence-electron chi connectivity index (χ0n) is 11.8. The molecule has 0 spiro atoms. The second-order valence-corrected chi connectivity index (χ2v) is 8.16. The van der Waals surface area contributed by atoms with E-state index in [0.717, 1.165) is 18.4 Å². The predicted molar refractivity (Wildman–Crippen MR) is 86.1 cm³/mol. The fourth-order valence-electron chi connectivity index (χ4n) is 2.01. The van der Waals surface area contributed by atoms with Crippen LogP contribution < -0.4 is 10.0 Å². The molecule has 1 fully saturated rings. The number of rotatable bonds is 6. The van der Waals surface area contributed by atoms with E-state index in [1.54, 1.807) is 35.7 Å². The van der Waals surface area contributed by atoms with Gasteiger partial charge in [-0.2, -0.15) is 0 Å². The van der Waals surface area contributed by atoms with Gasteiger partial charge in [-0.25, -0.2) is 13.1 Å². The molecule has 2 N–H and O–H groups in total. The number of anilines is 1. The second kappa shape index (κ2) is 6.20. The number of carbonyl (C=O) groups is 1. The van der Waals surface area contributed by atoms with Crippen LogP contribution in [0.15, 0.2) is 46.0 Å².